The molecule has 0 aliphatic rings. The first-order valence-electron chi connectivity index (χ1n) is 6.13. The molecule has 0 N–H and O–H groups in total. The first-order valence-corrected chi connectivity index (χ1v) is 7.46. The van der Waals surface area contributed by atoms with E-state index in [1.54, 1.807) is 7.11 Å². The van der Waals surface area contributed by atoms with E-state index in [1.807, 2.05) is 0 Å². The lowest BCUT2D eigenvalue weighted by molar-refractivity contribution is 0.0647. The summed E-state index contributed by atoms with van der Waals surface area (Å²) in [7, 11) is 1.68. The molecule has 0 heterocycles. The molecule has 0 bridgehead atoms. The Balaban J connectivity index is 2.26. The summed E-state index contributed by atoms with van der Waals surface area (Å²) < 4.78 is 11.5. The van der Waals surface area contributed by atoms with Crippen LogP contribution >= 0.6 is 27.5 Å². The van der Waals surface area contributed by atoms with Crippen LogP contribution < -0.4 is 0 Å². The molecule has 0 fully saturated rings. The van der Waals surface area contributed by atoms with Gasteiger partial charge in [-0.25, -0.2) is 0 Å². The van der Waals surface area contributed by atoms with Gasteiger partial charge in [0.25, 0.3) is 0 Å². The zero-order valence-corrected chi connectivity index (χ0v) is 13.0. The first-order chi connectivity index (χ1) is 8.76. The van der Waals surface area contributed by atoms with Gasteiger partial charge in [0.1, 0.15) is 0 Å². The lowest BCUT2D eigenvalue weighted by Gasteiger charge is -2.14. The topological polar surface area (TPSA) is 18.5 Å². The molecule has 0 radical (unpaired) electrons. The molecule has 0 amide bonds. The van der Waals surface area contributed by atoms with Gasteiger partial charge in [0.05, 0.1) is 13.2 Å². The van der Waals surface area contributed by atoms with E-state index in [0.717, 1.165) is 23.9 Å². The van der Waals surface area contributed by atoms with Crippen LogP contribution in [0.2, 0.25) is 0 Å². The van der Waals surface area contributed by atoms with Crippen molar-refractivity contribution in [3.8, 4) is 0 Å². The lowest BCUT2D eigenvalue weighted by atomic mass is 9.98. The van der Waals surface area contributed by atoms with Gasteiger partial charge in [-0.3, -0.25) is 0 Å². The lowest BCUT2D eigenvalue weighted by Crippen LogP contribution is -2.12. The highest BCUT2D eigenvalue weighted by atomic mass is 79.9. The number of alkyl halides is 1. The van der Waals surface area contributed by atoms with E-state index in [2.05, 4.69) is 40.2 Å². The number of hydrogen-bond acceptors (Lipinski definition) is 2. The van der Waals surface area contributed by atoms with E-state index in [1.165, 1.54) is 5.56 Å². The molecule has 0 aromatic heterocycles. The van der Waals surface area contributed by atoms with E-state index in [0.29, 0.717) is 25.0 Å². The quantitative estimate of drug-likeness (QED) is 0.503. The first kappa shape index (κ1) is 16.0. The SMILES string of the molecule is COCCOCCC(CCl)Cc1ccc(Br)cc1. The highest BCUT2D eigenvalue weighted by molar-refractivity contribution is 9.10. The molecule has 0 saturated carbocycles. The Morgan fingerprint density at radius 2 is 1.89 bits per heavy atom. The molecule has 1 rings (SSSR count). The third-order valence-corrected chi connectivity index (χ3v) is 3.72. The number of rotatable bonds is 9. The minimum Gasteiger partial charge on any atom is -0.382 e. The summed E-state index contributed by atoms with van der Waals surface area (Å²) in [5.74, 6) is 1.14. The molecule has 0 saturated heterocycles. The summed E-state index contributed by atoms with van der Waals surface area (Å²) in [6.07, 6.45) is 1.99. The molecule has 1 atom stereocenters. The smallest absolute Gasteiger partial charge is 0.0700 e. The second-order valence-electron chi connectivity index (χ2n) is 4.24. The van der Waals surface area contributed by atoms with Gasteiger partial charge in [0, 0.05) is 24.1 Å². The Morgan fingerprint density at radius 1 is 1.17 bits per heavy atom. The van der Waals surface area contributed by atoms with E-state index in [9.17, 15) is 0 Å². The van der Waals surface area contributed by atoms with Crippen molar-refractivity contribution in [3.63, 3.8) is 0 Å². The number of halogens is 2. The summed E-state index contributed by atoms with van der Waals surface area (Å²) in [6.45, 7) is 2.05. The second-order valence-corrected chi connectivity index (χ2v) is 5.47. The van der Waals surface area contributed by atoms with E-state index in [4.69, 9.17) is 21.1 Å². The van der Waals surface area contributed by atoms with Crippen LogP contribution in [0.1, 0.15) is 12.0 Å². The van der Waals surface area contributed by atoms with E-state index in [-0.39, 0.29) is 0 Å². The fourth-order valence-electron chi connectivity index (χ4n) is 1.68. The Labute approximate surface area is 123 Å². The third-order valence-electron chi connectivity index (χ3n) is 2.76. The molecule has 0 aliphatic carbocycles. The van der Waals surface area contributed by atoms with Crippen LogP contribution in [0, 0.1) is 5.92 Å². The largest absolute Gasteiger partial charge is 0.382 e. The van der Waals surface area contributed by atoms with Crippen molar-refractivity contribution in [3.05, 3.63) is 34.3 Å². The van der Waals surface area contributed by atoms with Crippen LogP contribution in [-0.2, 0) is 15.9 Å². The molecule has 0 aliphatic heterocycles. The van der Waals surface area contributed by atoms with Crippen molar-refractivity contribution in [2.45, 2.75) is 12.8 Å². The van der Waals surface area contributed by atoms with Crippen LogP contribution in [0.25, 0.3) is 0 Å². The predicted octanol–water partition coefficient (Wildman–Crippen LogP) is 3.90. The molecule has 0 spiro atoms. The Hall–Kier alpha value is -0.0900. The number of benzene rings is 1. The maximum absolute atomic E-state index is 6.00. The zero-order valence-electron chi connectivity index (χ0n) is 10.7. The number of hydrogen-bond donors (Lipinski definition) is 0. The van der Waals surface area contributed by atoms with Crippen molar-refractivity contribution < 1.29 is 9.47 Å². The average molecular weight is 336 g/mol. The molecule has 102 valence electrons. The summed E-state index contributed by atoms with van der Waals surface area (Å²) in [5.41, 5.74) is 1.32. The summed E-state index contributed by atoms with van der Waals surface area (Å²) >= 11 is 9.44. The van der Waals surface area contributed by atoms with Gasteiger partial charge in [0.2, 0.25) is 0 Å². The van der Waals surface area contributed by atoms with Gasteiger partial charge >= 0.3 is 0 Å². The molecule has 1 aromatic rings. The molecule has 1 unspecified atom stereocenters. The molecule has 4 heteroatoms. The van der Waals surface area contributed by atoms with Gasteiger partial charge in [-0.15, -0.1) is 11.6 Å². The highest BCUT2D eigenvalue weighted by Crippen LogP contribution is 2.17. The second kappa shape index (κ2) is 9.79. The number of ether oxygens (including phenoxy) is 2. The summed E-state index contributed by atoms with van der Waals surface area (Å²) in [5, 5.41) is 0. The predicted molar refractivity (Wildman–Crippen MR) is 79.4 cm³/mol. The van der Waals surface area contributed by atoms with Crippen molar-refractivity contribution >= 4 is 27.5 Å². The van der Waals surface area contributed by atoms with Gasteiger partial charge in [0.15, 0.2) is 0 Å². The summed E-state index contributed by atoms with van der Waals surface area (Å²) in [4.78, 5) is 0. The summed E-state index contributed by atoms with van der Waals surface area (Å²) in [6, 6.07) is 8.40. The third kappa shape index (κ3) is 6.74. The number of methoxy groups -OCH3 is 1. The van der Waals surface area contributed by atoms with Crippen molar-refractivity contribution in [1.82, 2.24) is 0 Å². The minimum absolute atomic E-state index is 0.468. The fourth-order valence-corrected chi connectivity index (χ4v) is 2.21. The minimum atomic E-state index is 0.468. The fraction of sp³-hybridized carbons (Fsp3) is 0.571. The molecule has 18 heavy (non-hydrogen) atoms. The average Bonchev–Trinajstić information content (AvgIpc) is 2.39. The van der Waals surface area contributed by atoms with Gasteiger partial charge in [-0.05, 0) is 36.5 Å². The normalized spacial score (nSPS) is 12.6. The van der Waals surface area contributed by atoms with Crippen molar-refractivity contribution in [2.75, 3.05) is 32.8 Å². The Bertz CT molecular complexity index is 316. The van der Waals surface area contributed by atoms with Gasteiger partial charge in [-0.2, -0.15) is 0 Å². The van der Waals surface area contributed by atoms with Crippen LogP contribution in [0.15, 0.2) is 28.7 Å². The van der Waals surface area contributed by atoms with Crippen LogP contribution in [0.3, 0.4) is 0 Å². The molecule has 2 nitrogen and oxygen atoms in total. The van der Waals surface area contributed by atoms with Gasteiger partial charge < -0.3 is 9.47 Å². The zero-order chi connectivity index (χ0) is 13.2. The van der Waals surface area contributed by atoms with E-state index < -0.39 is 0 Å². The van der Waals surface area contributed by atoms with Gasteiger partial charge in [-0.1, -0.05) is 28.1 Å². The molecular formula is C14H20BrClO2. The van der Waals surface area contributed by atoms with Crippen molar-refractivity contribution in [1.29, 1.82) is 0 Å². The molecular weight excluding hydrogens is 316 g/mol. The Kier molecular flexibility index (Phi) is 8.68. The van der Waals surface area contributed by atoms with Crippen LogP contribution in [0.5, 0.6) is 0 Å². The van der Waals surface area contributed by atoms with Crippen LogP contribution in [-0.4, -0.2) is 32.8 Å². The Morgan fingerprint density at radius 3 is 2.50 bits per heavy atom. The standard InChI is InChI=1S/C14H20BrClO2/c1-17-8-9-18-7-6-13(11-16)10-12-2-4-14(15)5-3-12/h2-5,13H,6-11H2,1H3. The van der Waals surface area contributed by atoms with Crippen molar-refractivity contribution in [2.24, 2.45) is 5.92 Å². The molecule has 1 aromatic carbocycles. The monoisotopic (exact) mass is 334 g/mol. The maximum Gasteiger partial charge on any atom is 0.0700 e. The van der Waals surface area contributed by atoms with E-state index >= 15 is 0 Å². The highest BCUT2D eigenvalue weighted by Gasteiger charge is 2.08. The maximum atomic E-state index is 6.00. The van der Waals surface area contributed by atoms with Crippen LogP contribution in [0.4, 0.5) is 0 Å².